The van der Waals surface area contributed by atoms with Crippen molar-refractivity contribution >= 4 is 5.69 Å². The maximum absolute atomic E-state index is 4.31. The van der Waals surface area contributed by atoms with Gasteiger partial charge < -0.3 is 5.32 Å². The Morgan fingerprint density at radius 2 is 2.18 bits per heavy atom. The van der Waals surface area contributed by atoms with Gasteiger partial charge in [-0.3, -0.25) is 9.78 Å². The maximum atomic E-state index is 4.31. The van der Waals surface area contributed by atoms with E-state index in [0.29, 0.717) is 6.04 Å². The van der Waals surface area contributed by atoms with Crippen LogP contribution in [-0.2, 0) is 6.54 Å². The number of H-pyrrole nitrogens is 1. The van der Waals surface area contributed by atoms with Crippen LogP contribution < -0.4 is 5.32 Å². The molecule has 17 heavy (non-hydrogen) atoms. The van der Waals surface area contributed by atoms with Crippen LogP contribution >= 0.6 is 0 Å². The van der Waals surface area contributed by atoms with Gasteiger partial charge in [0.2, 0.25) is 0 Å². The summed E-state index contributed by atoms with van der Waals surface area (Å²) >= 11 is 0. The molecule has 2 N–H and O–H groups in total. The molecule has 0 saturated carbocycles. The van der Waals surface area contributed by atoms with Crippen molar-refractivity contribution in [2.24, 2.45) is 0 Å². The topological polar surface area (TPSA) is 58.5 Å². The molecular weight excluding hydrogens is 214 g/mol. The van der Waals surface area contributed by atoms with Crippen molar-refractivity contribution in [3.05, 3.63) is 29.3 Å². The first-order valence-corrected chi connectivity index (χ1v) is 5.86. The van der Waals surface area contributed by atoms with Crippen LogP contribution in [0.2, 0.25) is 0 Å². The molecule has 2 aromatic heterocycles. The number of aromatic nitrogens is 4. The van der Waals surface area contributed by atoms with E-state index in [9.17, 15) is 0 Å². The van der Waals surface area contributed by atoms with Crippen molar-refractivity contribution in [1.82, 2.24) is 20.0 Å². The second kappa shape index (κ2) is 4.61. The summed E-state index contributed by atoms with van der Waals surface area (Å²) in [6.45, 7) is 9.01. The van der Waals surface area contributed by atoms with E-state index in [2.05, 4.69) is 40.7 Å². The van der Waals surface area contributed by atoms with E-state index in [-0.39, 0.29) is 0 Å². The highest BCUT2D eigenvalue weighted by molar-refractivity contribution is 5.51. The molecule has 0 aliphatic rings. The molecule has 0 amide bonds. The fraction of sp³-hybridized carbons (Fsp3) is 0.500. The van der Waals surface area contributed by atoms with Crippen LogP contribution in [0.5, 0.6) is 0 Å². The summed E-state index contributed by atoms with van der Waals surface area (Å²) in [5, 5.41) is 14.8. The summed E-state index contributed by atoms with van der Waals surface area (Å²) in [7, 11) is 0. The van der Waals surface area contributed by atoms with Crippen LogP contribution in [-0.4, -0.2) is 20.0 Å². The number of hydrogen-bond acceptors (Lipinski definition) is 3. The fourth-order valence-electron chi connectivity index (χ4n) is 1.75. The first-order valence-electron chi connectivity index (χ1n) is 5.86. The third kappa shape index (κ3) is 2.49. The highest BCUT2D eigenvalue weighted by atomic mass is 15.3. The maximum Gasteiger partial charge on any atom is 0.0825 e. The Kier molecular flexibility index (Phi) is 3.17. The lowest BCUT2D eigenvalue weighted by atomic mass is 10.3. The minimum atomic E-state index is 0.404. The molecule has 0 aliphatic carbocycles. The van der Waals surface area contributed by atoms with E-state index in [1.807, 2.05) is 24.7 Å². The minimum absolute atomic E-state index is 0.404. The smallest absolute Gasteiger partial charge is 0.0825 e. The molecule has 2 heterocycles. The normalized spacial score (nSPS) is 11.1. The number of hydrogen-bond donors (Lipinski definition) is 2. The molecule has 0 saturated heterocycles. The molecule has 2 aromatic rings. The Labute approximate surface area is 101 Å². The van der Waals surface area contributed by atoms with E-state index in [1.165, 1.54) is 5.56 Å². The van der Waals surface area contributed by atoms with Gasteiger partial charge in [-0.15, -0.1) is 0 Å². The van der Waals surface area contributed by atoms with Crippen molar-refractivity contribution in [2.45, 2.75) is 40.3 Å². The van der Waals surface area contributed by atoms with Crippen molar-refractivity contribution < 1.29 is 0 Å². The van der Waals surface area contributed by atoms with E-state index in [4.69, 9.17) is 0 Å². The largest absolute Gasteiger partial charge is 0.378 e. The number of anilines is 1. The van der Waals surface area contributed by atoms with Crippen molar-refractivity contribution in [3.8, 4) is 0 Å². The van der Waals surface area contributed by atoms with Gasteiger partial charge in [-0.2, -0.15) is 10.2 Å². The Morgan fingerprint density at radius 1 is 1.41 bits per heavy atom. The van der Waals surface area contributed by atoms with Crippen LogP contribution in [0.25, 0.3) is 0 Å². The third-order valence-corrected chi connectivity index (χ3v) is 2.78. The molecule has 0 aliphatic heterocycles. The van der Waals surface area contributed by atoms with Crippen molar-refractivity contribution in [2.75, 3.05) is 5.32 Å². The lowest BCUT2D eigenvalue weighted by molar-refractivity contribution is 0.532. The molecular formula is C12H19N5. The van der Waals surface area contributed by atoms with Gasteiger partial charge in [0, 0.05) is 24.3 Å². The van der Waals surface area contributed by atoms with Gasteiger partial charge in [0.25, 0.3) is 0 Å². The van der Waals surface area contributed by atoms with Gasteiger partial charge >= 0.3 is 0 Å². The second-order valence-electron chi connectivity index (χ2n) is 4.58. The molecule has 0 aromatic carbocycles. The van der Waals surface area contributed by atoms with Crippen molar-refractivity contribution in [3.63, 3.8) is 0 Å². The summed E-state index contributed by atoms with van der Waals surface area (Å²) in [4.78, 5) is 0. The quantitative estimate of drug-likeness (QED) is 0.852. The van der Waals surface area contributed by atoms with Gasteiger partial charge in [-0.25, -0.2) is 0 Å². The molecule has 0 bridgehead atoms. The van der Waals surface area contributed by atoms with Crippen LogP contribution in [0, 0.1) is 13.8 Å². The van der Waals surface area contributed by atoms with E-state index >= 15 is 0 Å². The number of nitrogens with one attached hydrogen (secondary N) is 2. The number of aromatic amines is 1. The third-order valence-electron chi connectivity index (χ3n) is 2.78. The lowest BCUT2D eigenvalue weighted by Gasteiger charge is -2.05. The first kappa shape index (κ1) is 11.7. The van der Waals surface area contributed by atoms with Gasteiger partial charge in [-0.1, -0.05) is 0 Å². The Balaban J connectivity index is 2.02. The molecule has 0 spiro atoms. The lowest BCUT2D eigenvalue weighted by Crippen LogP contribution is -2.02. The summed E-state index contributed by atoms with van der Waals surface area (Å²) in [6.07, 6.45) is 3.97. The SMILES string of the molecule is Cc1n[nH]c(C)c1NCc1cnn(C(C)C)c1. The standard InChI is InChI=1S/C12H19N5/c1-8(2)17-7-11(6-14-17)5-13-12-9(3)15-16-10(12)4/h6-8,13H,5H2,1-4H3,(H,15,16). The molecule has 5 nitrogen and oxygen atoms in total. The van der Waals surface area contributed by atoms with E-state index in [1.54, 1.807) is 0 Å². The monoisotopic (exact) mass is 233 g/mol. The van der Waals surface area contributed by atoms with Crippen LogP contribution in [0.1, 0.15) is 36.8 Å². The number of aryl methyl sites for hydroxylation is 2. The van der Waals surface area contributed by atoms with Gasteiger partial charge in [0.1, 0.15) is 0 Å². The second-order valence-corrected chi connectivity index (χ2v) is 4.58. The Bertz CT molecular complexity index is 475. The van der Waals surface area contributed by atoms with Crippen LogP contribution in [0.15, 0.2) is 12.4 Å². The summed E-state index contributed by atoms with van der Waals surface area (Å²) in [6, 6.07) is 0.404. The molecule has 2 rings (SSSR count). The Morgan fingerprint density at radius 3 is 2.71 bits per heavy atom. The predicted molar refractivity (Wildman–Crippen MR) is 68.0 cm³/mol. The fourth-order valence-corrected chi connectivity index (χ4v) is 1.75. The van der Waals surface area contributed by atoms with Gasteiger partial charge in [0.05, 0.1) is 23.3 Å². The summed E-state index contributed by atoms with van der Waals surface area (Å²) < 4.78 is 1.96. The van der Waals surface area contributed by atoms with E-state index in [0.717, 1.165) is 23.6 Å². The molecule has 0 atom stereocenters. The summed E-state index contributed by atoms with van der Waals surface area (Å²) in [5.74, 6) is 0. The first-order chi connectivity index (χ1) is 8.08. The minimum Gasteiger partial charge on any atom is -0.378 e. The zero-order chi connectivity index (χ0) is 12.4. The van der Waals surface area contributed by atoms with Crippen molar-refractivity contribution in [1.29, 1.82) is 0 Å². The predicted octanol–water partition coefficient (Wildman–Crippen LogP) is 2.42. The Hall–Kier alpha value is -1.78. The molecule has 5 heteroatoms. The molecule has 0 fully saturated rings. The molecule has 0 radical (unpaired) electrons. The van der Waals surface area contributed by atoms with Gasteiger partial charge in [-0.05, 0) is 27.7 Å². The zero-order valence-corrected chi connectivity index (χ0v) is 10.8. The zero-order valence-electron chi connectivity index (χ0n) is 10.8. The number of rotatable bonds is 4. The number of nitrogens with zero attached hydrogens (tertiary/aromatic N) is 3. The average Bonchev–Trinajstić information content (AvgIpc) is 2.85. The average molecular weight is 233 g/mol. The van der Waals surface area contributed by atoms with Crippen LogP contribution in [0.4, 0.5) is 5.69 Å². The summed E-state index contributed by atoms with van der Waals surface area (Å²) in [5.41, 5.74) is 4.33. The van der Waals surface area contributed by atoms with Gasteiger partial charge in [0.15, 0.2) is 0 Å². The molecule has 92 valence electrons. The van der Waals surface area contributed by atoms with Crippen LogP contribution in [0.3, 0.4) is 0 Å². The highest BCUT2D eigenvalue weighted by Gasteiger charge is 2.06. The molecule has 0 unspecified atom stereocenters. The highest BCUT2D eigenvalue weighted by Crippen LogP contribution is 2.17. The van der Waals surface area contributed by atoms with E-state index < -0.39 is 0 Å².